The molecule has 3 heteroatoms. The van der Waals surface area contributed by atoms with Crippen LogP contribution in [-0.2, 0) is 6.42 Å². The van der Waals surface area contributed by atoms with E-state index in [0.29, 0.717) is 0 Å². The van der Waals surface area contributed by atoms with Crippen LogP contribution in [0.25, 0.3) is 0 Å². The molecule has 3 rings (SSSR count). The van der Waals surface area contributed by atoms with Crippen molar-refractivity contribution in [3.8, 4) is 0 Å². The maximum atomic E-state index is 13.0. The normalized spacial score (nSPS) is 13.6. The molecule has 0 unspecified atom stereocenters. The molecule has 1 aliphatic heterocycles. The second-order valence-electron chi connectivity index (χ2n) is 5.44. The molecule has 0 saturated heterocycles. The Morgan fingerprint density at radius 2 is 1.95 bits per heavy atom. The standard InChI is InChI=1S/C19H20N2O/c1-2-7-14-10-6-11-16(19-20-12-13-21-19)17(14)18(22)15-8-4-3-5-9-15/h3-6,8-11H,2,7,12-13H2,1H3,(H,20,21). The van der Waals surface area contributed by atoms with Crippen molar-refractivity contribution in [3.05, 3.63) is 70.8 Å². The van der Waals surface area contributed by atoms with Gasteiger partial charge >= 0.3 is 0 Å². The molecule has 0 saturated carbocycles. The van der Waals surface area contributed by atoms with Crippen molar-refractivity contribution in [1.29, 1.82) is 0 Å². The van der Waals surface area contributed by atoms with Crippen molar-refractivity contribution < 1.29 is 4.79 Å². The van der Waals surface area contributed by atoms with Gasteiger partial charge in [-0.15, -0.1) is 0 Å². The van der Waals surface area contributed by atoms with E-state index in [9.17, 15) is 4.79 Å². The lowest BCUT2D eigenvalue weighted by Gasteiger charge is -2.14. The number of carbonyl (C=O) groups excluding carboxylic acids is 1. The van der Waals surface area contributed by atoms with Crippen molar-refractivity contribution in [2.45, 2.75) is 19.8 Å². The number of aryl methyl sites for hydroxylation is 1. The molecule has 22 heavy (non-hydrogen) atoms. The minimum absolute atomic E-state index is 0.0797. The van der Waals surface area contributed by atoms with Gasteiger partial charge in [0.05, 0.1) is 6.54 Å². The Labute approximate surface area is 131 Å². The van der Waals surface area contributed by atoms with Gasteiger partial charge in [0.1, 0.15) is 5.84 Å². The van der Waals surface area contributed by atoms with Crippen LogP contribution in [0.1, 0.15) is 40.4 Å². The summed E-state index contributed by atoms with van der Waals surface area (Å²) in [5.41, 5.74) is 3.55. The van der Waals surface area contributed by atoms with E-state index < -0.39 is 0 Å². The van der Waals surface area contributed by atoms with Gasteiger partial charge in [0.2, 0.25) is 0 Å². The van der Waals surface area contributed by atoms with Gasteiger partial charge in [0, 0.05) is 23.2 Å². The van der Waals surface area contributed by atoms with Crippen molar-refractivity contribution in [2.24, 2.45) is 4.99 Å². The number of benzene rings is 2. The predicted octanol–water partition coefficient (Wildman–Crippen LogP) is 3.22. The third-order valence-electron chi connectivity index (χ3n) is 3.86. The molecule has 0 atom stereocenters. The first-order chi connectivity index (χ1) is 10.8. The van der Waals surface area contributed by atoms with Crippen molar-refractivity contribution in [3.63, 3.8) is 0 Å². The summed E-state index contributed by atoms with van der Waals surface area (Å²) in [5, 5.41) is 3.29. The lowest BCUT2D eigenvalue weighted by molar-refractivity contribution is 0.103. The van der Waals surface area contributed by atoms with E-state index in [1.165, 1.54) is 0 Å². The number of ketones is 1. The van der Waals surface area contributed by atoms with Crippen molar-refractivity contribution >= 4 is 11.6 Å². The van der Waals surface area contributed by atoms with Crippen LogP contribution in [0.4, 0.5) is 0 Å². The van der Waals surface area contributed by atoms with Crippen LogP contribution in [-0.4, -0.2) is 24.7 Å². The van der Waals surface area contributed by atoms with Gasteiger partial charge in [0.15, 0.2) is 5.78 Å². The second-order valence-corrected chi connectivity index (χ2v) is 5.44. The highest BCUT2D eigenvalue weighted by Gasteiger charge is 2.21. The average Bonchev–Trinajstić information content (AvgIpc) is 3.09. The highest BCUT2D eigenvalue weighted by molar-refractivity contribution is 6.17. The molecule has 0 amide bonds. The molecule has 0 spiro atoms. The van der Waals surface area contributed by atoms with Crippen LogP contribution >= 0.6 is 0 Å². The average molecular weight is 292 g/mol. The summed E-state index contributed by atoms with van der Waals surface area (Å²) in [4.78, 5) is 17.5. The SMILES string of the molecule is CCCc1cccc(C2=NCCN2)c1C(=O)c1ccccc1. The highest BCUT2D eigenvalue weighted by atomic mass is 16.1. The zero-order valence-corrected chi connectivity index (χ0v) is 12.8. The molecule has 0 aromatic heterocycles. The fourth-order valence-corrected chi connectivity index (χ4v) is 2.86. The minimum Gasteiger partial charge on any atom is -0.368 e. The molecule has 1 aliphatic rings. The molecule has 0 fully saturated rings. The third-order valence-corrected chi connectivity index (χ3v) is 3.86. The number of carbonyl (C=O) groups is 1. The van der Waals surface area contributed by atoms with Crippen molar-refractivity contribution in [2.75, 3.05) is 13.1 Å². The highest BCUT2D eigenvalue weighted by Crippen LogP contribution is 2.22. The summed E-state index contributed by atoms with van der Waals surface area (Å²) in [6, 6.07) is 15.5. The number of hydrogen-bond acceptors (Lipinski definition) is 3. The Bertz CT molecular complexity index is 705. The van der Waals surface area contributed by atoms with Crippen LogP contribution < -0.4 is 5.32 Å². The molecule has 3 nitrogen and oxygen atoms in total. The van der Waals surface area contributed by atoms with E-state index in [0.717, 1.165) is 54.0 Å². The predicted molar refractivity (Wildman–Crippen MR) is 89.7 cm³/mol. The second kappa shape index (κ2) is 6.56. The summed E-state index contributed by atoms with van der Waals surface area (Å²) in [5.74, 6) is 0.924. The summed E-state index contributed by atoms with van der Waals surface area (Å²) in [6.07, 6.45) is 1.91. The first kappa shape index (κ1) is 14.5. The van der Waals surface area contributed by atoms with Crippen LogP contribution in [0.3, 0.4) is 0 Å². The summed E-state index contributed by atoms with van der Waals surface area (Å²) < 4.78 is 0. The van der Waals surface area contributed by atoms with Gasteiger partial charge in [0.25, 0.3) is 0 Å². The molecule has 1 heterocycles. The Hall–Kier alpha value is -2.42. The maximum absolute atomic E-state index is 13.0. The molecule has 0 aliphatic carbocycles. The molecule has 0 bridgehead atoms. The maximum Gasteiger partial charge on any atom is 0.194 e. The zero-order chi connectivity index (χ0) is 15.4. The number of nitrogens with one attached hydrogen (secondary N) is 1. The number of amidine groups is 1. The van der Waals surface area contributed by atoms with E-state index in [2.05, 4.69) is 23.3 Å². The van der Waals surface area contributed by atoms with Crippen LogP contribution in [0.2, 0.25) is 0 Å². The number of rotatable bonds is 5. The molecule has 2 aromatic carbocycles. The third kappa shape index (κ3) is 2.80. The van der Waals surface area contributed by atoms with Crippen LogP contribution in [0.5, 0.6) is 0 Å². The quantitative estimate of drug-likeness (QED) is 0.860. The number of aliphatic imine (C=N–C) groups is 1. The molecule has 1 N–H and O–H groups in total. The van der Waals surface area contributed by atoms with E-state index in [4.69, 9.17) is 0 Å². The first-order valence-electron chi connectivity index (χ1n) is 7.81. The van der Waals surface area contributed by atoms with Gasteiger partial charge in [-0.1, -0.05) is 61.9 Å². The molecular formula is C19H20N2O. The Kier molecular flexibility index (Phi) is 4.33. The fraction of sp³-hybridized carbons (Fsp3) is 0.263. The van der Waals surface area contributed by atoms with Crippen LogP contribution in [0.15, 0.2) is 53.5 Å². The zero-order valence-electron chi connectivity index (χ0n) is 12.8. The number of nitrogens with zero attached hydrogens (tertiary/aromatic N) is 1. The number of hydrogen-bond donors (Lipinski definition) is 1. The van der Waals surface area contributed by atoms with Gasteiger partial charge in [-0.05, 0) is 12.0 Å². The van der Waals surface area contributed by atoms with E-state index in [-0.39, 0.29) is 5.78 Å². The summed E-state index contributed by atoms with van der Waals surface area (Å²) in [6.45, 7) is 3.74. The minimum atomic E-state index is 0.0797. The Morgan fingerprint density at radius 1 is 1.14 bits per heavy atom. The Balaban J connectivity index is 2.12. The van der Waals surface area contributed by atoms with E-state index in [1.54, 1.807) is 0 Å². The van der Waals surface area contributed by atoms with E-state index >= 15 is 0 Å². The fourth-order valence-electron chi connectivity index (χ4n) is 2.86. The molecular weight excluding hydrogens is 272 g/mol. The van der Waals surface area contributed by atoms with Gasteiger partial charge in [-0.2, -0.15) is 0 Å². The van der Waals surface area contributed by atoms with E-state index in [1.807, 2.05) is 42.5 Å². The summed E-state index contributed by atoms with van der Waals surface area (Å²) in [7, 11) is 0. The molecule has 2 aromatic rings. The van der Waals surface area contributed by atoms with Gasteiger partial charge in [-0.25, -0.2) is 0 Å². The van der Waals surface area contributed by atoms with Gasteiger partial charge < -0.3 is 5.32 Å². The lowest BCUT2D eigenvalue weighted by atomic mass is 9.91. The van der Waals surface area contributed by atoms with Gasteiger partial charge in [-0.3, -0.25) is 9.79 Å². The lowest BCUT2D eigenvalue weighted by Crippen LogP contribution is -2.23. The smallest absolute Gasteiger partial charge is 0.194 e. The topological polar surface area (TPSA) is 41.5 Å². The Morgan fingerprint density at radius 3 is 2.64 bits per heavy atom. The largest absolute Gasteiger partial charge is 0.368 e. The van der Waals surface area contributed by atoms with Crippen molar-refractivity contribution in [1.82, 2.24) is 5.32 Å². The monoisotopic (exact) mass is 292 g/mol. The summed E-state index contributed by atoms with van der Waals surface area (Å²) >= 11 is 0. The molecule has 112 valence electrons. The first-order valence-corrected chi connectivity index (χ1v) is 7.81. The molecule has 0 radical (unpaired) electrons. The van der Waals surface area contributed by atoms with Crippen LogP contribution in [0, 0.1) is 0 Å².